The van der Waals surface area contributed by atoms with Crippen LogP contribution >= 0.6 is 11.3 Å². The summed E-state index contributed by atoms with van der Waals surface area (Å²) in [5, 5.41) is 1.32. The van der Waals surface area contributed by atoms with Gasteiger partial charge in [0.1, 0.15) is 24.7 Å². The van der Waals surface area contributed by atoms with Crippen LogP contribution in [-0.2, 0) is 11.2 Å². The quantitative estimate of drug-likeness (QED) is 0.214. The van der Waals surface area contributed by atoms with Crippen molar-refractivity contribution in [1.82, 2.24) is 9.80 Å². The van der Waals surface area contributed by atoms with Gasteiger partial charge in [-0.3, -0.25) is 9.69 Å². The maximum atomic E-state index is 11.8. The Morgan fingerprint density at radius 3 is 2.15 bits per heavy atom. The van der Waals surface area contributed by atoms with E-state index in [-0.39, 0.29) is 5.91 Å². The lowest BCUT2D eigenvalue weighted by Gasteiger charge is -2.16. The average Bonchev–Trinajstić information content (AvgIpc) is 3.72. The molecule has 39 heavy (non-hydrogen) atoms. The molecule has 2 aliphatic rings. The number of rotatable bonds is 11. The number of fused-ring (bicyclic) bond motifs is 1. The summed E-state index contributed by atoms with van der Waals surface area (Å²) in [6.45, 7) is 6.19. The number of amides is 1. The highest BCUT2D eigenvalue weighted by Gasteiger charge is 2.19. The number of benzene rings is 3. The predicted octanol–water partition coefficient (Wildman–Crippen LogP) is 6.63. The Hall–Kier alpha value is -3.35. The number of thiophene rings is 1. The number of ether oxygens (including phenoxy) is 2. The lowest BCUT2D eigenvalue weighted by Crippen LogP contribution is -2.29. The lowest BCUT2D eigenvalue weighted by atomic mass is 9.99. The van der Waals surface area contributed by atoms with Gasteiger partial charge in [0, 0.05) is 29.1 Å². The van der Waals surface area contributed by atoms with Crippen molar-refractivity contribution in [3.05, 3.63) is 83.9 Å². The van der Waals surface area contributed by atoms with Crippen LogP contribution in [0.2, 0.25) is 0 Å². The van der Waals surface area contributed by atoms with Gasteiger partial charge in [-0.25, -0.2) is 0 Å². The third kappa shape index (κ3) is 6.29. The summed E-state index contributed by atoms with van der Waals surface area (Å²) in [6.07, 6.45) is 5.11. The number of carbonyl (C=O) groups excluding carboxylic acids is 1. The van der Waals surface area contributed by atoms with Crippen molar-refractivity contribution in [2.45, 2.75) is 32.1 Å². The van der Waals surface area contributed by atoms with Crippen molar-refractivity contribution in [2.75, 3.05) is 45.9 Å². The minimum absolute atomic E-state index is 0.243. The van der Waals surface area contributed by atoms with E-state index in [2.05, 4.69) is 65.6 Å². The monoisotopic (exact) mass is 540 g/mol. The van der Waals surface area contributed by atoms with E-state index in [1.54, 1.807) is 0 Å². The minimum atomic E-state index is 0.243. The van der Waals surface area contributed by atoms with E-state index in [4.69, 9.17) is 9.47 Å². The fourth-order valence-corrected chi connectivity index (χ4v) is 6.86. The number of nitrogens with zero attached hydrogens (tertiary/aromatic N) is 2. The second-order valence-corrected chi connectivity index (χ2v) is 11.5. The number of likely N-dealkylation sites (tertiary alicyclic amines) is 2. The van der Waals surface area contributed by atoms with E-state index in [0.29, 0.717) is 19.6 Å². The Morgan fingerprint density at radius 2 is 1.44 bits per heavy atom. The summed E-state index contributed by atoms with van der Waals surface area (Å²) < 4.78 is 13.3. The van der Waals surface area contributed by atoms with Gasteiger partial charge in [0.2, 0.25) is 5.91 Å². The smallest absolute Gasteiger partial charge is 0.222 e. The van der Waals surface area contributed by atoms with Crippen molar-refractivity contribution in [1.29, 1.82) is 0 Å². The summed E-state index contributed by atoms with van der Waals surface area (Å²) in [7, 11) is 0. The fourth-order valence-electron chi connectivity index (χ4n) is 5.63. The second-order valence-electron chi connectivity index (χ2n) is 10.5. The van der Waals surface area contributed by atoms with Crippen molar-refractivity contribution >= 4 is 27.3 Å². The van der Waals surface area contributed by atoms with Crippen LogP contribution in [0.5, 0.6) is 11.5 Å². The van der Waals surface area contributed by atoms with E-state index in [9.17, 15) is 4.79 Å². The number of hydrogen-bond acceptors (Lipinski definition) is 5. The highest BCUT2D eigenvalue weighted by atomic mass is 32.1. The van der Waals surface area contributed by atoms with Crippen LogP contribution in [0.3, 0.4) is 0 Å². The zero-order chi connectivity index (χ0) is 26.4. The maximum absolute atomic E-state index is 11.8. The molecule has 0 unspecified atom stereocenters. The molecule has 0 spiro atoms. The van der Waals surface area contributed by atoms with Crippen LogP contribution in [-0.4, -0.2) is 61.6 Å². The third-order valence-electron chi connectivity index (χ3n) is 7.80. The molecule has 3 aromatic carbocycles. The molecule has 6 rings (SSSR count). The van der Waals surface area contributed by atoms with Crippen LogP contribution in [0.15, 0.2) is 72.8 Å². The summed E-state index contributed by atoms with van der Waals surface area (Å²) in [5.41, 5.74) is 3.85. The predicted molar refractivity (Wildman–Crippen MR) is 159 cm³/mol. The van der Waals surface area contributed by atoms with Crippen LogP contribution < -0.4 is 9.47 Å². The molecular formula is C33H36N2O3S. The Kier molecular flexibility index (Phi) is 8.12. The summed E-state index contributed by atoms with van der Waals surface area (Å²) in [4.78, 5) is 17.5. The van der Waals surface area contributed by atoms with Crippen LogP contribution in [0, 0.1) is 0 Å². The Balaban J connectivity index is 1.13. The summed E-state index contributed by atoms with van der Waals surface area (Å²) >= 11 is 1.86. The molecular weight excluding hydrogens is 504 g/mol. The molecule has 0 bridgehead atoms. The molecule has 2 saturated heterocycles. The number of carbonyl (C=O) groups is 1. The van der Waals surface area contributed by atoms with Crippen molar-refractivity contribution in [2.24, 2.45) is 0 Å². The van der Waals surface area contributed by atoms with Gasteiger partial charge in [-0.05, 0) is 103 Å². The Bertz CT molecular complexity index is 1390. The van der Waals surface area contributed by atoms with Gasteiger partial charge in [0.05, 0.1) is 6.54 Å². The standard InChI is InChI=1S/C33H36N2O3S/c36-32-8-5-19-35(32)21-23-38-27-13-9-25(10-14-27)24-30-29-6-1-2-7-31(29)39-33(30)26-11-15-28(16-12-26)37-22-20-34-17-3-4-18-34/h1-2,6-7,9-16H,3-5,8,17-24H2. The first-order chi connectivity index (χ1) is 19.2. The van der Waals surface area contributed by atoms with Crippen molar-refractivity contribution in [3.63, 3.8) is 0 Å². The summed E-state index contributed by atoms with van der Waals surface area (Å²) in [5.74, 6) is 2.03. The molecule has 202 valence electrons. The first-order valence-electron chi connectivity index (χ1n) is 14.2. The van der Waals surface area contributed by atoms with Gasteiger partial charge in [-0.2, -0.15) is 0 Å². The topological polar surface area (TPSA) is 42.0 Å². The van der Waals surface area contributed by atoms with Crippen molar-refractivity contribution in [3.8, 4) is 21.9 Å². The molecule has 1 amide bonds. The molecule has 5 nitrogen and oxygen atoms in total. The molecule has 2 fully saturated rings. The maximum Gasteiger partial charge on any atom is 0.222 e. The Labute approximate surface area is 235 Å². The van der Waals surface area contributed by atoms with Gasteiger partial charge in [0.15, 0.2) is 0 Å². The van der Waals surface area contributed by atoms with Gasteiger partial charge >= 0.3 is 0 Å². The molecule has 3 heterocycles. The third-order valence-corrected chi connectivity index (χ3v) is 9.06. The largest absolute Gasteiger partial charge is 0.492 e. The molecule has 0 atom stereocenters. The Morgan fingerprint density at radius 1 is 0.744 bits per heavy atom. The van der Waals surface area contributed by atoms with Gasteiger partial charge in [0.25, 0.3) is 0 Å². The normalized spacial score (nSPS) is 15.9. The van der Waals surface area contributed by atoms with E-state index < -0.39 is 0 Å². The minimum Gasteiger partial charge on any atom is -0.492 e. The molecule has 6 heteroatoms. The molecule has 2 aliphatic heterocycles. The molecule has 0 radical (unpaired) electrons. The van der Waals surface area contributed by atoms with Crippen molar-refractivity contribution < 1.29 is 14.3 Å². The molecule has 0 saturated carbocycles. The lowest BCUT2D eigenvalue weighted by molar-refractivity contribution is -0.128. The van der Waals surface area contributed by atoms with E-state index >= 15 is 0 Å². The van der Waals surface area contributed by atoms with Gasteiger partial charge in [-0.1, -0.05) is 30.3 Å². The van der Waals surface area contributed by atoms with E-state index in [1.807, 2.05) is 28.4 Å². The SMILES string of the molecule is O=C1CCCN1CCOc1ccc(Cc2c(-c3ccc(OCCN4CCCC4)cc3)sc3ccccc23)cc1. The van der Waals surface area contributed by atoms with E-state index in [1.165, 1.54) is 57.6 Å². The van der Waals surface area contributed by atoms with Crippen LogP contribution in [0.4, 0.5) is 0 Å². The molecule has 0 N–H and O–H groups in total. The average molecular weight is 541 g/mol. The van der Waals surface area contributed by atoms with Gasteiger partial charge < -0.3 is 14.4 Å². The number of hydrogen-bond donors (Lipinski definition) is 0. The van der Waals surface area contributed by atoms with Crippen LogP contribution in [0.25, 0.3) is 20.5 Å². The fraction of sp³-hybridized carbons (Fsp3) is 0.364. The van der Waals surface area contributed by atoms with Crippen LogP contribution in [0.1, 0.15) is 36.8 Å². The molecule has 0 aliphatic carbocycles. The van der Waals surface area contributed by atoms with E-state index in [0.717, 1.165) is 44.0 Å². The molecule has 4 aromatic rings. The first-order valence-corrected chi connectivity index (χ1v) is 15.0. The zero-order valence-electron chi connectivity index (χ0n) is 22.4. The summed E-state index contributed by atoms with van der Waals surface area (Å²) in [6, 6.07) is 25.7. The second kappa shape index (κ2) is 12.2. The van der Waals surface area contributed by atoms with Gasteiger partial charge in [-0.15, -0.1) is 11.3 Å². The zero-order valence-corrected chi connectivity index (χ0v) is 23.3. The highest BCUT2D eigenvalue weighted by Crippen LogP contribution is 2.40. The highest BCUT2D eigenvalue weighted by molar-refractivity contribution is 7.22. The molecule has 1 aromatic heterocycles. The first kappa shape index (κ1) is 25.9.